The lowest BCUT2D eigenvalue weighted by atomic mass is 10.2. The zero-order chi connectivity index (χ0) is 13.5. The van der Waals surface area contributed by atoms with Crippen LogP contribution in [0.2, 0.25) is 0 Å². The van der Waals surface area contributed by atoms with E-state index in [-0.39, 0.29) is 11.3 Å². The number of carboxylic acid groups (broad SMARTS) is 1. The van der Waals surface area contributed by atoms with Crippen LogP contribution in [0.1, 0.15) is 0 Å². The number of benzene rings is 1. The van der Waals surface area contributed by atoms with E-state index in [1.807, 2.05) is 30.3 Å². The van der Waals surface area contributed by atoms with Gasteiger partial charge >= 0.3 is 5.97 Å². The van der Waals surface area contributed by atoms with Gasteiger partial charge in [0.05, 0.1) is 0 Å². The Morgan fingerprint density at radius 3 is 2.56 bits per heavy atom. The average Bonchev–Trinajstić information content (AvgIpc) is 2.38. The van der Waals surface area contributed by atoms with E-state index in [2.05, 4.69) is 17.6 Å². The van der Waals surface area contributed by atoms with Crippen LogP contribution >= 0.6 is 12.6 Å². The Kier molecular flexibility index (Phi) is 5.41. The number of fused-ring (bicyclic) bond motifs is 1. The standard InChI is InChI=1S/C9H7NO.C3H7NO2S/c11-9-6-5-7-3-1-2-4-8(7)10-9;4-2(1-7)3(5)6/h1-6H,(H,10,11);2,7H,1,4H2,(H,5,6). The first-order valence-electron chi connectivity index (χ1n) is 5.22. The maximum absolute atomic E-state index is 10.8. The number of aliphatic carboxylic acids is 1. The van der Waals surface area contributed by atoms with Gasteiger partial charge in [-0.05, 0) is 17.5 Å². The predicted octanol–water partition coefficient (Wildman–Crippen LogP) is 0.856. The first-order chi connectivity index (χ1) is 8.54. The number of thiol groups is 1. The molecule has 0 saturated carbocycles. The predicted molar refractivity (Wildman–Crippen MR) is 74.0 cm³/mol. The summed E-state index contributed by atoms with van der Waals surface area (Å²) in [5.74, 6) is -0.815. The number of H-pyrrole nitrogens is 1. The molecule has 18 heavy (non-hydrogen) atoms. The molecule has 0 aliphatic carbocycles. The summed E-state index contributed by atoms with van der Waals surface area (Å²) in [5.41, 5.74) is 5.78. The summed E-state index contributed by atoms with van der Waals surface area (Å²) in [6.07, 6.45) is 0. The zero-order valence-corrected chi connectivity index (χ0v) is 10.4. The number of para-hydroxylation sites is 1. The number of pyridine rings is 1. The molecule has 2 rings (SSSR count). The Bertz CT molecular complexity index is 583. The molecule has 0 bridgehead atoms. The smallest absolute Gasteiger partial charge is 0.321 e. The maximum Gasteiger partial charge on any atom is 0.321 e. The molecule has 0 aliphatic rings. The van der Waals surface area contributed by atoms with Crippen LogP contribution in [0.5, 0.6) is 0 Å². The number of aromatic nitrogens is 1. The topological polar surface area (TPSA) is 96.2 Å². The van der Waals surface area contributed by atoms with Crippen molar-refractivity contribution in [2.24, 2.45) is 5.73 Å². The van der Waals surface area contributed by atoms with Gasteiger partial charge < -0.3 is 15.8 Å². The molecular weight excluding hydrogens is 252 g/mol. The van der Waals surface area contributed by atoms with Crippen molar-refractivity contribution in [3.05, 3.63) is 46.8 Å². The molecule has 0 aliphatic heterocycles. The molecule has 5 nitrogen and oxygen atoms in total. The van der Waals surface area contributed by atoms with Crippen molar-refractivity contribution in [2.75, 3.05) is 5.75 Å². The number of hydrogen-bond donors (Lipinski definition) is 4. The first kappa shape index (κ1) is 14.3. The molecule has 0 radical (unpaired) electrons. The van der Waals surface area contributed by atoms with Crippen molar-refractivity contribution >= 4 is 29.5 Å². The highest BCUT2D eigenvalue weighted by atomic mass is 32.1. The van der Waals surface area contributed by atoms with Gasteiger partial charge in [0.2, 0.25) is 5.56 Å². The van der Waals surface area contributed by atoms with Gasteiger partial charge in [-0.15, -0.1) is 0 Å². The summed E-state index contributed by atoms with van der Waals surface area (Å²) < 4.78 is 0. The first-order valence-corrected chi connectivity index (χ1v) is 5.85. The van der Waals surface area contributed by atoms with E-state index in [0.717, 1.165) is 10.9 Å². The average molecular weight is 266 g/mol. The minimum absolute atomic E-state index is 0.0521. The molecule has 0 amide bonds. The second kappa shape index (κ2) is 6.83. The molecule has 1 aromatic heterocycles. The van der Waals surface area contributed by atoms with Gasteiger partial charge in [-0.3, -0.25) is 9.59 Å². The van der Waals surface area contributed by atoms with Gasteiger partial charge in [-0.25, -0.2) is 0 Å². The molecule has 6 heteroatoms. The highest BCUT2D eigenvalue weighted by Crippen LogP contribution is 2.06. The maximum atomic E-state index is 10.8. The Morgan fingerprint density at radius 2 is 2.00 bits per heavy atom. The van der Waals surface area contributed by atoms with E-state index in [9.17, 15) is 9.59 Å². The van der Waals surface area contributed by atoms with Crippen molar-refractivity contribution in [3.8, 4) is 0 Å². The fourth-order valence-corrected chi connectivity index (χ4v) is 1.33. The summed E-state index contributed by atoms with van der Waals surface area (Å²) in [4.78, 5) is 23.3. The van der Waals surface area contributed by atoms with Crippen molar-refractivity contribution in [2.45, 2.75) is 6.04 Å². The van der Waals surface area contributed by atoms with Gasteiger partial charge in [0, 0.05) is 17.3 Å². The number of carbonyl (C=O) groups is 1. The Hall–Kier alpha value is -1.79. The van der Waals surface area contributed by atoms with Crippen molar-refractivity contribution < 1.29 is 9.90 Å². The van der Waals surface area contributed by atoms with Crippen LogP contribution < -0.4 is 11.3 Å². The van der Waals surface area contributed by atoms with Crippen molar-refractivity contribution in [3.63, 3.8) is 0 Å². The molecule has 4 N–H and O–H groups in total. The van der Waals surface area contributed by atoms with E-state index < -0.39 is 12.0 Å². The Morgan fingerprint density at radius 1 is 1.33 bits per heavy atom. The van der Waals surface area contributed by atoms with Crippen LogP contribution in [0.15, 0.2) is 41.2 Å². The number of nitrogens with two attached hydrogens (primary N) is 1. The lowest BCUT2D eigenvalue weighted by molar-refractivity contribution is -0.137. The summed E-state index contributed by atoms with van der Waals surface area (Å²) in [5, 5.41) is 9.07. The van der Waals surface area contributed by atoms with Gasteiger partial charge in [0.25, 0.3) is 0 Å². The van der Waals surface area contributed by atoms with Crippen molar-refractivity contribution in [1.29, 1.82) is 0 Å². The lowest BCUT2D eigenvalue weighted by Crippen LogP contribution is -2.31. The third kappa shape index (κ3) is 4.23. The van der Waals surface area contributed by atoms with E-state index in [1.165, 1.54) is 6.07 Å². The van der Waals surface area contributed by atoms with Crippen LogP contribution in [0, 0.1) is 0 Å². The SMILES string of the molecule is NC(CS)C(=O)O.O=c1ccc2ccccc2[nH]1. The highest BCUT2D eigenvalue weighted by Gasteiger charge is 2.06. The lowest BCUT2D eigenvalue weighted by Gasteiger charge is -1.96. The second-order valence-electron chi connectivity index (χ2n) is 3.54. The summed E-state index contributed by atoms with van der Waals surface area (Å²) in [6.45, 7) is 0. The fraction of sp³-hybridized carbons (Fsp3) is 0.167. The van der Waals surface area contributed by atoms with Crippen LogP contribution in [0.3, 0.4) is 0 Å². The molecule has 1 heterocycles. The fourth-order valence-electron chi connectivity index (χ4n) is 1.17. The Balaban J connectivity index is 0.000000203. The third-order valence-corrected chi connectivity index (χ3v) is 2.54. The molecule has 0 saturated heterocycles. The monoisotopic (exact) mass is 266 g/mol. The van der Waals surface area contributed by atoms with Crippen LogP contribution in [-0.2, 0) is 4.79 Å². The minimum Gasteiger partial charge on any atom is -0.480 e. The number of carboxylic acids is 1. The largest absolute Gasteiger partial charge is 0.480 e. The second-order valence-corrected chi connectivity index (χ2v) is 3.90. The number of aromatic amines is 1. The van der Waals surface area contributed by atoms with Gasteiger partial charge in [-0.1, -0.05) is 18.2 Å². The molecular formula is C12H14N2O3S. The van der Waals surface area contributed by atoms with Crippen LogP contribution in [0.4, 0.5) is 0 Å². The molecule has 1 aromatic carbocycles. The normalized spacial score (nSPS) is 11.4. The van der Waals surface area contributed by atoms with Crippen molar-refractivity contribution in [1.82, 2.24) is 4.98 Å². The third-order valence-electron chi connectivity index (χ3n) is 2.15. The van der Waals surface area contributed by atoms with Gasteiger partial charge in [0.15, 0.2) is 0 Å². The highest BCUT2D eigenvalue weighted by molar-refractivity contribution is 7.80. The van der Waals surface area contributed by atoms with Crippen LogP contribution in [-0.4, -0.2) is 27.9 Å². The van der Waals surface area contributed by atoms with E-state index in [0.29, 0.717) is 0 Å². The van der Waals surface area contributed by atoms with Gasteiger partial charge in [0.1, 0.15) is 6.04 Å². The van der Waals surface area contributed by atoms with E-state index in [1.54, 1.807) is 0 Å². The number of hydrogen-bond acceptors (Lipinski definition) is 4. The van der Waals surface area contributed by atoms with E-state index in [4.69, 9.17) is 10.8 Å². The quantitative estimate of drug-likeness (QED) is 0.606. The molecule has 96 valence electrons. The zero-order valence-electron chi connectivity index (χ0n) is 9.54. The molecule has 0 spiro atoms. The number of rotatable bonds is 2. The minimum atomic E-state index is -1.00. The summed E-state index contributed by atoms with van der Waals surface area (Å²) in [6, 6.07) is 10.2. The summed E-state index contributed by atoms with van der Waals surface area (Å²) in [7, 11) is 0. The Labute approximate surface area is 109 Å². The van der Waals surface area contributed by atoms with Gasteiger partial charge in [-0.2, -0.15) is 12.6 Å². The molecule has 0 fully saturated rings. The molecule has 1 atom stereocenters. The van der Waals surface area contributed by atoms with E-state index >= 15 is 0 Å². The summed E-state index contributed by atoms with van der Waals surface area (Å²) >= 11 is 3.65. The molecule has 1 unspecified atom stereocenters. The number of nitrogens with one attached hydrogen (secondary N) is 1. The molecule has 2 aromatic rings. The van der Waals surface area contributed by atoms with Crippen LogP contribution in [0.25, 0.3) is 10.9 Å².